The minimum atomic E-state index is -0.679. The third kappa shape index (κ3) is 8.14. The summed E-state index contributed by atoms with van der Waals surface area (Å²) in [5.41, 5.74) is 6.49. The van der Waals surface area contributed by atoms with Crippen molar-refractivity contribution in [3.63, 3.8) is 0 Å². The number of benzene rings is 4. The molecule has 202 valence electrons. The van der Waals surface area contributed by atoms with Gasteiger partial charge in [0.2, 0.25) is 5.96 Å². The predicted octanol–water partition coefficient (Wildman–Crippen LogP) is 8.27. The van der Waals surface area contributed by atoms with E-state index >= 15 is 0 Å². The van der Waals surface area contributed by atoms with E-state index in [0.29, 0.717) is 21.8 Å². The molecular weight excluding hydrogens is 726 g/mol. The van der Waals surface area contributed by atoms with Gasteiger partial charge in [0.05, 0.1) is 6.21 Å². The molecule has 0 saturated carbocycles. The maximum absolute atomic E-state index is 6.31. The van der Waals surface area contributed by atoms with Crippen molar-refractivity contribution >= 4 is 91.0 Å². The smallest absolute Gasteiger partial charge is 0.248 e. The van der Waals surface area contributed by atoms with E-state index in [1.807, 2.05) is 84.9 Å². The Morgan fingerprint density at radius 2 is 1.57 bits per heavy atom. The molecule has 4 aromatic carbocycles. The Morgan fingerprint density at radius 1 is 0.850 bits per heavy atom. The monoisotopic (exact) mass is 746 g/mol. The summed E-state index contributed by atoms with van der Waals surface area (Å²) in [5, 5.41) is 12.4. The lowest BCUT2D eigenvalue weighted by Gasteiger charge is -2.14. The van der Waals surface area contributed by atoms with Gasteiger partial charge in [0.15, 0.2) is 7.60 Å². The predicted molar refractivity (Wildman–Crippen MR) is 180 cm³/mol. The molecule has 0 bridgehead atoms. The molecule has 0 atom stereocenters. The second-order valence-corrected chi connectivity index (χ2v) is 12.6. The molecule has 7 nitrogen and oxygen atoms in total. The summed E-state index contributed by atoms with van der Waals surface area (Å²) in [6.07, 6.45) is 1.67. The topological polar surface area (TPSA) is 82.4 Å². The van der Waals surface area contributed by atoms with Crippen molar-refractivity contribution in [2.24, 2.45) is 15.1 Å². The third-order valence-corrected chi connectivity index (χ3v) is 8.49. The zero-order valence-corrected chi connectivity index (χ0v) is 26.0. The van der Waals surface area contributed by atoms with Crippen LogP contribution in [0.2, 0.25) is 10.0 Å². The second kappa shape index (κ2) is 13.9. The molecule has 40 heavy (non-hydrogen) atoms. The number of nitrogens with one attached hydrogen (secondary N) is 3. The molecule has 0 unspecified atom stereocenters. The number of nitrogens with zero attached hydrogens (tertiary/aromatic N) is 3. The molecule has 0 aliphatic carbocycles. The van der Waals surface area contributed by atoms with Crippen LogP contribution in [0.5, 0.6) is 5.75 Å². The van der Waals surface area contributed by atoms with Crippen molar-refractivity contribution in [3.05, 3.63) is 123 Å². The van der Waals surface area contributed by atoms with E-state index in [1.165, 1.54) is 0 Å². The Balaban J connectivity index is 1.33. The van der Waals surface area contributed by atoms with Crippen LogP contribution in [0.3, 0.4) is 0 Å². The lowest BCUT2D eigenvalue weighted by molar-refractivity contribution is 0.306. The molecular formula is C29H22BrCl2IN6O. The quantitative estimate of drug-likeness (QED) is 0.0734. The van der Waals surface area contributed by atoms with Crippen LogP contribution in [-0.2, 0) is 6.61 Å². The van der Waals surface area contributed by atoms with Crippen molar-refractivity contribution in [2.45, 2.75) is 6.61 Å². The van der Waals surface area contributed by atoms with Crippen LogP contribution in [0.25, 0.3) is 0 Å². The molecule has 3 N–H and O–H groups in total. The van der Waals surface area contributed by atoms with Gasteiger partial charge >= 0.3 is 0 Å². The second-order valence-electron chi connectivity index (χ2n) is 8.28. The fourth-order valence-electron chi connectivity index (χ4n) is 3.48. The SMILES string of the molecule is Clc1ccc(COc2ccc(Br)cc2C=NNC2=NC(Nc3ccccc3)=IC(Nc3ccccc3)=N2)c(Cl)c1. The Hall–Kier alpha value is -3.25. The van der Waals surface area contributed by atoms with Crippen LogP contribution in [0, 0.1) is 0 Å². The van der Waals surface area contributed by atoms with Gasteiger partial charge in [0.25, 0.3) is 0 Å². The highest BCUT2D eigenvalue weighted by molar-refractivity contribution is 14.2. The summed E-state index contributed by atoms with van der Waals surface area (Å²) in [5.74, 6) is 1.01. The maximum Gasteiger partial charge on any atom is 0.248 e. The van der Waals surface area contributed by atoms with Gasteiger partial charge in [-0.1, -0.05) is 81.6 Å². The van der Waals surface area contributed by atoms with E-state index in [4.69, 9.17) is 27.9 Å². The van der Waals surface area contributed by atoms with Gasteiger partial charge in [-0.2, -0.15) is 15.1 Å². The van der Waals surface area contributed by atoms with Gasteiger partial charge < -0.3 is 15.4 Å². The summed E-state index contributed by atoms with van der Waals surface area (Å²) >= 11 is 15.2. The molecule has 1 heterocycles. The number of para-hydroxylation sites is 2. The average molecular weight is 748 g/mol. The van der Waals surface area contributed by atoms with Crippen molar-refractivity contribution in [1.29, 1.82) is 0 Å². The van der Waals surface area contributed by atoms with Crippen LogP contribution in [0.15, 0.2) is 117 Å². The van der Waals surface area contributed by atoms with Gasteiger partial charge in [-0.05, 0) is 54.6 Å². The number of aliphatic imine (C=N–C) groups is 2. The number of amidine groups is 1. The number of guanidine groups is 1. The third-order valence-electron chi connectivity index (χ3n) is 5.37. The number of hydrazone groups is 1. The number of anilines is 2. The number of rotatable bonds is 8. The van der Waals surface area contributed by atoms with Gasteiger partial charge in [0.1, 0.15) is 12.4 Å². The zero-order valence-electron chi connectivity index (χ0n) is 20.8. The zero-order chi connectivity index (χ0) is 27.7. The first-order chi connectivity index (χ1) is 19.5. The number of ether oxygens (including phenoxy) is 1. The number of hydrogen-bond acceptors (Lipinski definition) is 7. The molecule has 5 rings (SSSR count). The molecule has 0 fully saturated rings. The fraction of sp³-hybridized carbons (Fsp3) is 0.0345. The maximum atomic E-state index is 6.31. The average Bonchev–Trinajstić information content (AvgIpc) is 2.94. The molecule has 4 aromatic rings. The van der Waals surface area contributed by atoms with Crippen LogP contribution in [-0.4, -0.2) is 19.8 Å². The van der Waals surface area contributed by atoms with E-state index in [-0.39, 0.29) is 6.61 Å². The van der Waals surface area contributed by atoms with Crippen LogP contribution >= 0.6 is 59.9 Å². The van der Waals surface area contributed by atoms with Crippen LogP contribution in [0.1, 0.15) is 11.1 Å². The van der Waals surface area contributed by atoms with Crippen molar-refractivity contribution in [3.8, 4) is 5.75 Å². The summed E-state index contributed by atoms with van der Waals surface area (Å²) < 4.78 is 8.62. The Kier molecular flexibility index (Phi) is 9.82. The summed E-state index contributed by atoms with van der Waals surface area (Å²) in [6.45, 7) is 0.282. The van der Waals surface area contributed by atoms with E-state index in [1.54, 1.807) is 18.3 Å². The first-order valence-electron chi connectivity index (χ1n) is 12.0. The highest BCUT2D eigenvalue weighted by atomic mass is 127. The van der Waals surface area contributed by atoms with Crippen LogP contribution in [0.4, 0.5) is 11.4 Å². The molecule has 0 radical (unpaired) electrons. The van der Waals surface area contributed by atoms with Gasteiger partial charge in [-0.25, -0.2) is 5.43 Å². The Morgan fingerprint density at radius 3 is 2.30 bits per heavy atom. The normalized spacial score (nSPS) is 13.0. The van der Waals surface area contributed by atoms with E-state index in [2.05, 4.69) is 47.1 Å². The molecule has 0 spiro atoms. The standard InChI is InChI=1S/C29H22BrCl2IN6O/c30-21-12-14-26(40-18-19-11-13-22(31)16-25(19)32)20(15-21)17-34-39-29-37-27(35-23-7-3-1-4-8-23)33-28(38-29)36-24-9-5-2-6-10-24/h1-17H,18H2,(H3,35,36,37,38,39). The highest BCUT2D eigenvalue weighted by Crippen LogP contribution is 2.26. The first kappa shape index (κ1) is 28.3. The van der Waals surface area contributed by atoms with Crippen molar-refractivity contribution < 1.29 is 4.74 Å². The van der Waals surface area contributed by atoms with Gasteiger partial charge in [-0.3, -0.25) is 0 Å². The molecule has 0 saturated heterocycles. The van der Waals surface area contributed by atoms with E-state index < -0.39 is 20.7 Å². The minimum absolute atomic E-state index is 0.282. The fourth-order valence-corrected chi connectivity index (χ4v) is 6.39. The van der Waals surface area contributed by atoms with E-state index in [9.17, 15) is 0 Å². The lowest BCUT2D eigenvalue weighted by Crippen LogP contribution is -2.25. The van der Waals surface area contributed by atoms with Gasteiger partial charge in [-0.15, -0.1) is 0 Å². The van der Waals surface area contributed by atoms with Gasteiger partial charge in [0, 0.05) is 57.8 Å². The Bertz CT molecular complexity index is 1570. The van der Waals surface area contributed by atoms with E-state index in [0.717, 1.165) is 34.6 Å². The lowest BCUT2D eigenvalue weighted by atomic mass is 10.2. The van der Waals surface area contributed by atoms with Crippen LogP contribution < -0.4 is 20.8 Å². The minimum Gasteiger partial charge on any atom is -0.488 e. The molecule has 0 amide bonds. The largest absolute Gasteiger partial charge is 0.488 e. The number of halogens is 4. The molecule has 11 heteroatoms. The molecule has 0 aromatic heterocycles. The molecule has 1 aliphatic rings. The summed E-state index contributed by atoms with van der Waals surface area (Å²) in [7, 11) is 0. The van der Waals surface area contributed by atoms with Crippen molar-refractivity contribution in [2.75, 3.05) is 10.6 Å². The Labute approximate surface area is 260 Å². The first-order valence-corrected chi connectivity index (χ1v) is 15.7. The number of hydrogen-bond donors (Lipinski definition) is 3. The molecule has 1 aliphatic heterocycles. The highest BCUT2D eigenvalue weighted by Gasteiger charge is 2.12. The summed E-state index contributed by atoms with van der Waals surface area (Å²) in [4.78, 5) is 9.37. The van der Waals surface area contributed by atoms with Crippen molar-refractivity contribution in [1.82, 2.24) is 5.43 Å². The summed E-state index contributed by atoms with van der Waals surface area (Å²) in [6, 6.07) is 30.9.